The van der Waals surface area contributed by atoms with Crippen LogP contribution in [0.15, 0.2) is 18.2 Å². The van der Waals surface area contributed by atoms with Crippen molar-refractivity contribution in [2.75, 3.05) is 24.6 Å². The van der Waals surface area contributed by atoms with Gasteiger partial charge in [0.2, 0.25) is 0 Å². The molecule has 0 amide bonds. The van der Waals surface area contributed by atoms with Crippen LogP contribution in [0.4, 0.5) is 10.1 Å². The van der Waals surface area contributed by atoms with Crippen LogP contribution in [0, 0.1) is 5.82 Å². The third-order valence-corrected chi connectivity index (χ3v) is 3.07. The van der Waals surface area contributed by atoms with E-state index >= 15 is 0 Å². The molecule has 0 radical (unpaired) electrons. The Morgan fingerprint density at radius 1 is 1.53 bits per heavy atom. The largest absolute Gasteiger partial charge is 0.375 e. The van der Waals surface area contributed by atoms with Crippen LogP contribution in [0.3, 0.4) is 0 Å². The Kier molecular flexibility index (Phi) is 3.64. The molecule has 0 aliphatic carbocycles. The molecular formula is C13H19FN2O. The van der Waals surface area contributed by atoms with Crippen LogP contribution in [0.1, 0.15) is 25.5 Å². The van der Waals surface area contributed by atoms with Gasteiger partial charge < -0.3 is 15.4 Å². The summed E-state index contributed by atoms with van der Waals surface area (Å²) in [5.74, 6) is -0.200. The second-order valence-corrected chi connectivity index (χ2v) is 4.59. The number of benzene rings is 1. The smallest absolute Gasteiger partial charge is 0.146 e. The number of morpholine rings is 1. The summed E-state index contributed by atoms with van der Waals surface area (Å²) in [7, 11) is 0. The number of hydrogen-bond donors (Lipinski definition) is 1. The van der Waals surface area contributed by atoms with Crippen molar-refractivity contribution in [1.29, 1.82) is 0 Å². The van der Waals surface area contributed by atoms with Gasteiger partial charge in [-0.2, -0.15) is 0 Å². The number of rotatable bonds is 2. The Morgan fingerprint density at radius 2 is 2.29 bits per heavy atom. The molecule has 1 unspecified atom stereocenters. The van der Waals surface area contributed by atoms with Crippen molar-refractivity contribution in [3.8, 4) is 0 Å². The quantitative estimate of drug-likeness (QED) is 0.857. The van der Waals surface area contributed by atoms with E-state index in [1.54, 1.807) is 6.07 Å². The van der Waals surface area contributed by atoms with E-state index in [2.05, 4.69) is 0 Å². The minimum Gasteiger partial charge on any atom is -0.375 e. The van der Waals surface area contributed by atoms with Crippen LogP contribution in [-0.2, 0) is 4.74 Å². The van der Waals surface area contributed by atoms with Gasteiger partial charge in [0.15, 0.2) is 0 Å². The van der Waals surface area contributed by atoms with Crippen LogP contribution >= 0.6 is 0 Å². The van der Waals surface area contributed by atoms with Crippen LogP contribution in [0.5, 0.6) is 0 Å². The van der Waals surface area contributed by atoms with Gasteiger partial charge in [0.05, 0.1) is 18.4 Å². The fourth-order valence-corrected chi connectivity index (χ4v) is 2.25. The summed E-state index contributed by atoms with van der Waals surface area (Å²) in [5, 5.41) is 0. The zero-order valence-corrected chi connectivity index (χ0v) is 10.3. The Bertz CT molecular complexity index is 395. The first kappa shape index (κ1) is 12.3. The van der Waals surface area contributed by atoms with Crippen LogP contribution in [-0.4, -0.2) is 25.8 Å². The molecule has 1 aromatic rings. The zero-order chi connectivity index (χ0) is 12.4. The molecule has 0 bridgehead atoms. The third-order valence-electron chi connectivity index (χ3n) is 3.07. The lowest BCUT2D eigenvalue weighted by molar-refractivity contribution is 0.0529. The monoisotopic (exact) mass is 238 g/mol. The summed E-state index contributed by atoms with van der Waals surface area (Å²) < 4.78 is 19.5. The fourth-order valence-electron chi connectivity index (χ4n) is 2.25. The Balaban J connectivity index is 2.35. The molecule has 2 rings (SSSR count). The van der Waals surface area contributed by atoms with E-state index in [1.807, 2.05) is 24.8 Å². The highest BCUT2D eigenvalue weighted by atomic mass is 19.1. The lowest BCUT2D eigenvalue weighted by Gasteiger charge is -2.34. The Labute approximate surface area is 101 Å². The van der Waals surface area contributed by atoms with E-state index in [9.17, 15) is 4.39 Å². The Hall–Kier alpha value is -1.13. The molecular weight excluding hydrogens is 219 g/mol. The predicted octanol–water partition coefficient (Wildman–Crippen LogP) is 2.07. The van der Waals surface area contributed by atoms with Gasteiger partial charge in [-0.1, -0.05) is 12.1 Å². The van der Waals surface area contributed by atoms with E-state index in [-0.39, 0.29) is 18.0 Å². The highest BCUT2D eigenvalue weighted by Gasteiger charge is 2.23. The number of halogens is 1. The minimum atomic E-state index is -0.200. The maximum absolute atomic E-state index is 14.0. The molecule has 1 aliphatic rings. The zero-order valence-electron chi connectivity index (χ0n) is 10.3. The summed E-state index contributed by atoms with van der Waals surface area (Å²) in [5.41, 5.74) is 7.40. The number of para-hydroxylation sites is 1. The van der Waals surface area contributed by atoms with Crippen molar-refractivity contribution in [2.45, 2.75) is 26.0 Å². The second kappa shape index (κ2) is 5.02. The molecule has 1 aromatic carbocycles. The molecule has 1 aliphatic heterocycles. The first-order chi connectivity index (χ1) is 8.09. The standard InChI is InChI=1S/C13H19FN2O/c1-9-8-16(6-7-17-9)13-11(10(2)15)4-3-5-12(13)14/h3-5,9-10H,6-8,15H2,1-2H3/t9?,10-/m0/s1. The second-order valence-electron chi connectivity index (χ2n) is 4.59. The SMILES string of the molecule is CC1CN(c2c(F)cccc2[C@H](C)N)CCO1. The maximum atomic E-state index is 14.0. The lowest BCUT2D eigenvalue weighted by atomic mass is 10.0. The first-order valence-corrected chi connectivity index (χ1v) is 6.00. The van der Waals surface area contributed by atoms with Gasteiger partial charge in [-0.15, -0.1) is 0 Å². The van der Waals surface area contributed by atoms with E-state index in [1.165, 1.54) is 6.07 Å². The molecule has 0 saturated carbocycles. The van der Waals surface area contributed by atoms with Crippen LogP contribution in [0.2, 0.25) is 0 Å². The third kappa shape index (κ3) is 2.58. The normalized spacial score (nSPS) is 22.6. The van der Waals surface area contributed by atoms with E-state index in [4.69, 9.17) is 10.5 Å². The van der Waals surface area contributed by atoms with Crippen molar-refractivity contribution in [1.82, 2.24) is 0 Å². The van der Waals surface area contributed by atoms with E-state index in [0.29, 0.717) is 25.4 Å². The molecule has 4 heteroatoms. The molecule has 0 aromatic heterocycles. The number of anilines is 1. The summed E-state index contributed by atoms with van der Waals surface area (Å²) in [6.45, 7) is 5.93. The van der Waals surface area contributed by atoms with Gasteiger partial charge in [0, 0.05) is 19.1 Å². The highest BCUT2D eigenvalue weighted by molar-refractivity contribution is 5.56. The van der Waals surface area contributed by atoms with Gasteiger partial charge in [0.1, 0.15) is 5.82 Å². The molecule has 1 saturated heterocycles. The lowest BCUT2D eigenvalue weighted by Crippen LogP contribution is -2.42. The van der Waals surface area contributed by atoms with Gasteiger partial charge in [-0.05, 0) is 25.5 Å². The minimum absolute atomic E-state index is 0.129. The highest BCUT2D eigenvalue weighted by Crippen LogP contribution is 2.29. The molecule has 17 heavy (non-hydrogen) atoms. The summed E-state index contributed by atoms with van der Waals surface area (Å²) >= 11 is 0. The van der Waals surface area contributed by atoms with Crippen molar-refractivity contribution >= 4 is 5.69 Å². The van der Waals surface area contributed by atoms with Crippen LogP contribution < -0.4 is 10.6 Å². The van der Waals surface area contributed by atoms with Crippen molar-refractivity contribution in [2.24, 2.45) is 5.73 Å². The number of nitrogens with zero attached hydrogens (tertiary/aromatic N) is 1. The Morgan fingerprint density at radius 3 is 2.94 bits per heavy atom. The van der Waals surface area contributed by atoms with Gasteiger partial charge in [-0.3, -0.25) is 0 Å². The van der Waals surface area contributed by atoms with E-state index in [0.717, 1.165) is 5.56 Å². The number of ether oxygens (including phenoxy) is 1. The number of hydrogen-bond acceptors (Lipinski definition) is 3. The average molecular weight is 238 g/mol. The van der Waals surface area contributed by atoms with Crippen LogP contribution in [0.25, 0.3) is 0 Å². The maximum Gasteiger partial charge on any atom is 0.146 e. The van der Waals surface area contributed by atoms with Crippen molar-refractivity contribution in [3.63, 3.8) is 0 Å². The molecule has 1 fully saturated rings. The molecule has 0 spiro atoms. The fraction of sp³-hybridized carbons (Fsp3) is 0.538. The number of nitrogens with two attached hydrogens (primary N) is 1. The predicted molar refractivity (Wildman–Crippen MR) is 66.6 cm³/mol. The van der Waals surface area contributed by atoms with Gasteiger partial charge >= 0.3 is 0 Å². The van der Waals surface area contributed by atoms with Gasteiger partial charge in [0.25, 0.3) is 0 Å². The van der Waals surface area contributed by atoms with E-state index < -0.39 is 0 Å². The summed E-state index contributed by atoms with van der Waals surface area (Å²) in [6, 6.07) is 4.92. The van der Waals surface area contributed by atoms with Crippen molar-refractivity contribution in [3.05, 3.63) is 29.6 Å². The molecule has 94 valence electrons. The van der Waals surface area contributed by atoms with Crippen molar-refractivity contribution < 1.29 is 9.13 Å². The van der Waals surface area contributed by atoms with Gasteiger partial charge in [-0.25, -0.2) is 4.39 Å². The summed E-state index contributed by atoms with van der Waals surface area (Å²) in [6.07, 6.45) is 0.129. The average Bonchev–Trinajstić information content (AvgIpc) is 2.28. The molecule has 2 N–H and O–H groups in total. The molecule has 1 heterocycles. The summed E-state index contributed by atoms with van der Waals surface area (Å²) in [4.78, 5) is 2.03. The molecule has 3 nitrogen and oxygen atoms in total. The topological polar surface area (TPSA) is 38.5 Å². The molecule has 2 atom stereocenters. The first-order valence-electron chi connectivity index (χ1n) is 6.00.